The van der Waals surface area contributed by atoms with Crippen molar-refractivity contribution in [3.63, 3.8) is 0 Å². The predicted octanol–water partition coefficient (Wildman–Crippen LogP) is 1.08. The summed E-state index contributed by atoms with van der Waals surface area (Å²) in [6.07, 6.45) is 0.107. The number of piperazine rings is 1. The van der Waals surface area contributed by atoms with Crippen molar-refractivity contribution in [1.82, 2.24) is 24.0 Å². The van der Waals surface area contributed by atoms with Gasteiger partial charge in [0.15, 0.2) is 0 Å². The number of benzene rings is 1. The molecule has 8 nitrogen and oxygen atoms in total. The van der Waals surface area contributed by atoms with E-state index in [0.717, 1.165) is 42.1 Å². The molecule has 0 aliphatic carbocycles. The van der Waals surface area contributed by atoms with Crippen LogP contribution in [0.2, 0.25) is 0 Å². The highest BCUT2D eigenvalue weighted by atomic mass is 19.3. The lowest BCUT2D eigenvalue weighted by molar-refractivity contribution is 0.125. The molecule has 1 saturated heterocycles. The minimum atomic E-state index is -2.60. The van der Waals surface area contributed by atoms with Crippen LogP contribution in [0.15, 0.2) is 46.4 Å². The number of halogens is 2. The molecular weight excluding hydrogens is 394 g/mol. The second kappa shape index (κ2) is 8.31. The van der Waals surface area contributed by atoms with E-state index in [1.807, 2.05) is 18.2 Å². The molecule has 30 heavy (non-hydrogen) atoms. The highest BCUT2D eigenvalue weighted by Gasteiger charge is 2.19. The van der Waals surface area contributed by atoms with E-state index in [-0.39, 0.29) is 5.69 Å². The Morgan fingerprint density at radius 1 is 1.07 bits per heavy atom. The van der Waals surface area contributed by atoms with Crippen LogP contribution in [0, 0.1) is 0 Å². The molecule has 1 aromatic carbocycles. The summed E-state index contributed by atoms with van der Waals surface area (Å²) >= 11 is 0. The average Bonchev–Trinajstić information content (AvgIpc) is 2.73. The zero-order valence-corrected chi connectivity index (χ0v) is 16.5. The van der Waals surface area contributed by atoms with E-state index in [1.165, 1.54) is 12.5 Å². The summed E-state index contributed by atoms with van der Waals surface area (Å²) in [5.74, 6) is 0. The first-order chi connectivity index (χ1) is 14.4. The molecule has 1 fully saturated rings. The molecule has 0 saturated carbocycles. The van der Waals surface area contributed by atoms with Crippen LogP contribution < -0.4 is 16.1 Å². The van der Waals surface area contributed by atoms with E-state index in [2.05, 4.69) is 19.8 Å². The first-order valence-corrected chi connectivity index (χ1v) is 9.68. The van der Waals surface area contributed by atoms with Gasteiger partial charge in [-0.15, -0.1) is 0 Å². The van der Waals surface area contributed by atoms with Gasteiger partial charge in [-0.05, 0) is 24.3 Å². The van der Waals surface area contributed by atoms with Crippen LogP contribution in [0.4, 0.5) is 14.5 Å². The Morgan fingerprint density at radius 3 is 2.57 bits per heavy atom. The molecule has 0 unspecified atom stereocenters. The van der Waals surface area contributed by atoms with Crippen molar-refractivity contribution >= 4 is 16.6 Å². The van der Waals surface area contributed by atoms with Crippen LogP contribution in [0.25, 0.3) is 10.9 Å². The molecule has 3 heterocycles. The number of rotatable bonds is 5. The van der Waals surface area contributed by atoms with Gasteiger partial charge >= 0.3 is 5.69 Å². The molecule has 1 aliphatic heterocycles. The molecule has 2 aromatic heterocycles. The maximum atomic E-state index is 12.6. The highest BCUT2D eigenvalue weighted by molar-refractivity contribution is 5.81. The van der Waals surface area contributed by atoms with Crippen molar-refractivity contribution in [2.45, 2.75) is 19.5 Å². The van der Waals surface area contributed by atoms with Crippen LogP contribution in [-0.2, 0) is 20.1 Å². The molecule has 3 aromatic rings. The lowest BCUT2D eigenvalue weighted by atomic mass is 10.2. The topological polar surface area (TPSA) is 76.3 Å². The molecule has 1 aliphatic rings. The third-order valence-corrected chi connectivity index (χ3v) is 5.44. The van der Waals surface area contributed by atoms with E-state index in [0.29, 0.717) is 17.4 Å². The Morgan fingerprint density at radius 2 is 1.83 bits per heavy atom. The second-order valence-electron chi connectivity index (χ2n) is 7.34. The lowest BCUT2D eigenvalue weighted by Crippen LogP contribution is -2.46. The number of nitrogens with zero attached hydrogens (tertiary/aromatic N) is 6. The Bertz CT molecular complexity index is 1170. The Balaban J connectivity index is 1.46. The number of hydrogen-bond acceptors (Lipinski definition) is 6. The largest absolute Gasteiger partial charge is 0.369 e. The van der Waals surface area contributed by atoms with Crippen molar-refractivity contribution in [3.05, 3.63) is 63.3 Å². The minimum Gasteiger partial charge on any atom is -0.369 e. The second-order valence-corrected chi connectivity index (χ2v) is 7.34. The molecule has 10 heteroatoms. The summed E-state index contributed by atoms with van der Waals surface area (Å²) in [5, 5.41) is 0.333. The molecule has 0 amide bonds. The van der Waals surface area contributed by atoms with Crippen LogP contribution in [0.3, 0.4) is 0 Å². The molecule has 4 rings (SSSR count). The molecule has 0 spiro atoms. The van der Waals surface area contributed by atoms with E-state index in [4.69, 9.17) is 0 Å². The summed E-state index contributed by atoms with van der Waals surface area (Å²) in [5.41, 5.74) is 1.63. The normalized spacial score (nSPS) is 15.3. The van der Waals surface area contributed by atoms with Gasteiger partial charge in [-0.25, -0.2) is 23.5 Å². The third-order valence-electron chi connectivity index (χ3n) is 5.44. The summed E-state index contributed by atoms with van der Waals surface area (Å²) in [6.45, 7) is 3.22. The van der Waals surface area contributed by atoms with Gasteiger partial charge in [-0.1, -0.05) is 0 Å². The minimum absolute atomic E-state index is 0.262. The van der Waals surface area contributed by atoms with E-state index >= 15 is 0 Å². The third kappa shape index (κ3) is 4.09. The molecule has 158 valence electrons. The van der Waals surface area contributed by atoms with Gasteiger partial charge in [0, 0.05) is 57.3 Å². The fraction of sp³-hybridized carbons (Fsp3) is 0.400. The average molecular weight is 416 g/mol. The quantitative estimate of drug-likeness (QED) is 0.620. The van der Waals surface area contributed by atoms with Crippen LogP contribution >= 0.6 is 0 Å². The van der Waals surface area contributed by atoms with E-state index < -0.39 is 18.5 Å². The lowest BCUT2D eigenvalue weighted by Gasteiger charge is -2.36. The SMILES string of the molecule is Cn1c(CN2CCN(c3ccc4c(=O)n(CC(F)F)cnc4c3)CC2)ccnc1=O. The van der Waals surface area contributed by atoms with E-state index in [1.54, 1.807) is 17.7 Å². The number of fused-ring (bicyclic) bond motifs is 1. The fourth-order valence-electron chi connectivity index (χ4n) is 3.68. The zero-order valence-electron chi connectivity index (χ0n) is 16.5. The number of anilines is 1. The number of hydrogen-bond donors (Lipinski definition) is 0. The number of aromatic nitrogens is 4. The van der Waals surface area contributed by atoms with Crippen molar-refractivity contribution in [3.8, 4) is 0 Å². The smallest absolute Gasteiger partial charge is 0.347 e. The van der Waals surface area contributed by atoms with Crippen molar-refractivity contribution in [2.75, 3.05) is 31.1 Å². The van der Waals surface area contributed by atoms with Crippen molar-refractivity contribution in [2.24, 2.45) is 7.05 Å². The van der Waals surface area contributed by atoms with E-state index in [9.17, 15) is 18.4 Å². The molecular formula is C20H22F2N6O2. The number of alkyl halides is 2. The van der Waals surface area contributed by atoms with Gasteiger partial charge in [0.25, 0.3) is 12.0 Å². The highest BCUT2D eigenvalue weighted by Crippen LogP contribution is 2.21. The Labute approximate surface area is 171 Å². The van der Waals surface area contributed by atoms with Gasteiger partial charge in [0.05, 0.1) is 23.8 Å². The molecule has 0 radical (unpaired) electrons. The predicted molar refractivity (Wildman–Crippen MR) is 109 cm³/mol. The van der Waals surface area contributed by atoms with Crippen LogP contribution in [-0.4, -0.2) is 56.6 Å². The van der Waals surface area contributed by atoms with Gasteiger partial charge in [0.1, 0.15) is 0 Å². The summed E-state index contributed by atoms with van der Waals surface area (Å²) in [6, 6.07) is 7.16. The molecule has 0 bridgehead atoms. The maximum Gasteiger partial charge on any atom is 0.347 e. The fourth-order valence-corrected chi connectivity index (χ4v) is 3.68. The monoisotopic (exact) mass is 416 g/mol. The Hall–Kier alpha value is -3.14. The van der Waals surface area contributed by atoms with Crippen LogP contribution in [0.5, 0.6) is 0 Å². The molecule has 0 atom stereocenters. The van der Waals surface area contributed by atoms with Gasteiger partial charge in [-0.2, -0.15) is 0 Å². The van der Waals surface area contributed by atoms with Crippen molar-refractivity contribution < 1.29 is 8.78 Å². The summed E-state index contributed by atoms with van der Waals surface area (Å²) < 4.78 is 27.7. The first-order valence-electron chi connectivity index (χ1n) is 9.68. The molecule has 0 N–H and O–H groups in total. The first kappa shape index (κ1) is 20.1. The summed E-state index contributed by atoms with van der Waals surface area (Å²) in [4.78, 5) is 36.5. The van der Waals surface area contributed by atoms with Gasteiger partial charge in [0.2, 0.25) is 0 Å². The Kier molecular flexibility index (Phi) is 5.58. The zero-order chi connectivity index (χ0) is 21.3. The van der Waals surface area contributed by atoms with Crippen molar-refractivity contribution in [1.29, 1.82) is 0 Å². The standard InChI is InChI=1S/C20H22F2N6O2/c1-25-15(4-5-23-20(25)30)11-26-6-8-27(9-7-26)14-2-3-16-17(10-14)24-13-28(19(16)29)12-18(21)22/h2-5,10,13,18H,6-9,11-12H2,1H3. The van der Waals surface area contributed by atoms with Gasteiger partial charge in [-0.3, -0.25) is 18.8 Å². The van der Waals surface area contributed by atoms with Gasteiger partial charge < -0.3 is 4.90 Å². The summed E-state index contributed by atoms with van der Waals surface area (Å²) in [7, 11) is 1.72. The van der Waals surface area contributed by atoms with Crippen LogP contribution in [0.1, 0.15) is 5.69 Å². The maximum absolute atomic E-state index is 12.6.